The molecule has 17 heavy (non-hydrogen) atoms. The molecule has 1 aliphatic rings. The van der Waals surface area contributed by atoms with Gasteiger partial charge in [-0.15, -0.1) is 0 Å². The Labute approximate surface area is 101 Å². The van der Waals surface area contributed by atoms with Crippen molar-refractivity contribution in [2.75, 3.05) is 0 Å². The molecule has 4 nitrogen and oxygen atoms in total. The summed E-state index contributed by atoms with van der Waals surface area (Å²) in [5.41, 5.74) is 6.65. The monoisotopic (exact) mass is 237 g/mol. The number of aliphatic hydroxyl groups excluding tert-OH is 1. The molecule has 1 aliphatic carbocycles. The molecule has 0 spiro atoms. The van der Waals surface area contributed by atoms with Gasteiger partial charge in [-0.25, -0.2) is 0 Å². The lowest BCUT2D eigenvalue weighted by Gasteiger charge is -2.24. The molecule has 0 aliphatic heterocycles. The molecule has 0 aromatic heterocycles. The summed E-state index contributed by atoms with van der Waals surface area (Å²) in [5.74, 6) is -0.117. The number of aliphatic hydroxyl groups is 1. The van der Waals surface area contributed by atoms with Crippen LogP contribution in [0.4, 0.5) is 0 Å². The van der Waals surface area contributed by atoms with E-state index in [1.165, 1.54) is 12.1 Å². The van der Waals surface area contributed by atoms with Gasteiger partial charge in [-0.05, 0) is 36.5 Å². The van der Waals surface area contributed by atoms with Crippen LogP contribution in [-0.2, 0) is 0 Å². The van der Waals surface area contributed by atoms with Gasteiger partial charge >= 0.3 is 0 Å². The summed E-state index contributed by atoms with van der Waals surface area (Å²) < 4.78 is 0. The fourth-order valence-electron chi connectivity index (χ4n) is 2.54. The summed E-state index contributed by atoms with van der Waals surface area (Å²) in [5, 5.41) is 28.8. The van der Waals surface area contributed by atoms with E-state index in [4.69, 9.17) is 5.73 Å². The van der Waals surface area contributed by atoms with Crippen LogP contribution < -0.4 is 5.73 Å². The van der Waals surface area contributed by atoms with Gasteiger partial charge in [0.1, 0.15) is 0 Å². The Hall–Kier alpha value is -1.26. The lowest BCUT2D eigenvalue weighted by atomic mass is 9.91. The number of aromatic hydroxyl groups is 2. The second-order valence-corrected chi connectivity index (χ2v) is 4.81. The van der Waals surface area contributed by atoms with Crippen molar-refractivity contribution in [3.05, 3.63) is 23.8 Å². The van der Waals surface area contributed by atoms with Gasteiger partial charge in [-0.2, -0.15) is 0 Å². The van der Waals surface area contributed by atoms with Gasteiger partial charge in [-0.3, -0.25) is 0 Å². The van der Waals surface area contributed by atoms with Crippen LogP contribution in [0, 0.1) is 5.92 Å². The van der Waals surface area contributed by atoms with Crippen LogP contribution in [0.2, 0.25) is 0 Å². The molecule has 1 aromatic carbocycles. The molecule has 5 N–H and O–H groups in total. The van der Waals surface area contributed by atoms with E-state index in [2.05, 4.69) is 0 Å². The average molecular weight is 237 g/mol. The van der Waals surface area contributed by atoms with Crippen molar-refractivity contribution in [1.29, 1.82) is 0 Å². The van der Waals surface area contributed by atoms with Gasteiger partial charge in [0, 0.05) is 0 Å². The summed E-state index contributed by atoms with van der Waals surface area (Å²) in [6, 6.07) is 3.94. The van der Waals surface area contributed by atoms with Crippen LogP contribution in [0.15, 0.2) is 18.2 Å². The van der Waals surface area contributed by atoms with Crippen LogP contribution in [0.25, 0.3) is 0 Å². The zero-order valence-electron chi connectivity index (χ0n) is 9.71. The Bertz CT molecular complexity index is 388. The zero-order chi connectivity index (χ0) is 12.4. The van der Waals surface area contributed by atoms with Crippen LogP contribution in [0.3, 0.4) is 0 Å². The van der Waals surface area contributed by atoms with E-state index >= 15 is 0 Å². The van der Waals surface area contributed by atoms with Gasteiger partial charge in [0.05, 0.1) is 12.1 Å². The lowest BCUT2D eigenvalue weighted by molar-refractivity contribution is 0.0844. The van der Waals surface area contributed by atoms with Gasteiger partial charge in [0.15, 0.2) is 11.5 Å². The third-order valence-corrected chi connectivity index (χ3v) is 3.64. The molecule has 2 atom stereocenters. The van der Waals surface area contributed by atoms with Crippen LogP contribution in [0.5, 0.6) is 11.5 Å². The molecule has 1 saturated carbocycles. The van der Waals surface area contributed by atoms with Crippen molar-refractivity contribution in [1.82, 2.24) is 0 Å². The number of phenolic OH excluding ortho intramolecular Hbond substituents is 2. The van der Waals surface area contributed by atoms with E-state index in [0.717, 1.165) is 25.7 Å². The maximum absolute atomic E-state index is 10.2. The quantitative estimate of drug-likeness (QED) is 0.602. The molecule has 0 amide bonds. The molecular weight excluding hydrogens is 218 g/mol. The summed E-state index contributed by atoms with van der Waals surface area (Å²) in [4.78, 5) is 0. The minimum absolute atomic E-state index is 0.170. The molecule has 0 unspecified atom stereocenters. The molecule has 1 aromatic rings. The van der Waals surface area contributed by atoms with Crippen molar-refractivity contribution < 1.29 is 15.3 Å². The molecule has 2 rings (SSSR count). The smallest absolute Gasteiger partial charge is 0.157 e. The predicted molar refractivity (Wildman–Crippen MR) is 64.7 cm³/mol. The fraction of sp³-hybridized carbons (Fsp3) is 0.538. The Morgan fingerprint density at radius 1 is 1.12 bits per heavy atom. The Morgan fingerprint density at radius 3 is 2.35 bits per heavy atom. The lowest BCUT2D eigenvalue weighted by Crippen LogP contribution is -2.31. The molecule has 0 heterocycles. The largest absolute Gasteiger partial charge is 0.504 e. The summed E-state index contributed by atoms with van der Waals surface area (Å²) in [6.45, 7) is 0. The normalized spacial score (nSPS) is 20.4. The number of hydrogen-bond donors (Lipinski definition) is 4. The van der Waals surface area contributed by atoms with Crippen molar-refractivity contribution in [3.63, 3.8) is 0 Å². The first-order valence-corrected chi connectivity index (χ1v) is 6.05. The maximum atomic E-state index is 10.2. The minimum atomic E-state index is -0.582. The number of benzene rings is 1. The highest BCUT2D eigenvalue weighted by Gasteiger charge is 2.28. The number of hydrogen-bond acceptors (Lipinski definition) is 4. The SMILES string of the molecule is N[C@@H](c1ccc(O)c(O)c1)[C@H](O)C1CCCC1. The topological polar surface area (TPSA) is 86.7 Å². The first-order chi connectivity index (χ1) is 8.09. The maximum Gasteiger partial charge on any atom is 0.157 e. The fourth-order valence-corrected chi connectivity index (χ4v) is 2.54. The molecule has 0 radical (unpaired) electrons. The molecular formula is C13H19NO3. The van der Waals surface area contributed by atoms with Crippen LogP contribution in [-0.4, -0.2) is 21.4 Å². The first-order valence-electron chi connectivity index (χ1n) is 6.05. The van der Waals surface area contributed by atoms with Crippen molar-refractivity contribution >= 4 is 0 Å². The van der Waals surface area contributed by atoms with E-state index in [0.29, 0.717) is 5.56 Å². The van der Waals surface area contributed by atoms with E-state index < -0.39 is 12.1 Å². The second-order valence-electron chi connectivity index (χ2n) is 4.81. The van der Waals surface area contributed by atoms with Crippen LogP contribution in [0.1, 0.15) is 37.3 Å². The average Bonchev–Trinajstić information content (AvgIpc) is 2.84. The van der Waals surface area contributed by atoms with Crippen molar-refractivity contribution in [2.24, 2.45) is 11.7 Å². The third kappa shape index (κ3) is 2.53. The number of rotatable bonds is 3. The second kappa shape index (κ2) is 4.94. The summed E-state index contributed by atoms with van der Waals surface area (Å²) in [7, 11) is 0. The summed E-state index contributed by atoms with van der Waals surface area (Å²) >= 11 is 0. The summed E-state index contributed by atoms with van der Waals surface area (Å²) in [6.07, 6.45) is 3.74. The zero-order valence-corrected chi connectivity index (χ0v) is 9.71. The minimum Gasteiger partial charge on any atom is -0.504 e. The Balaban J connectivity index is 2.12. The Morgan fingerprint density at radius 2 is 1.76 bits per heavy atom. The first kappa shape index (κ1) is 12.2. The van der Waals surface area contributed by atoms with Crippen molar-refractivity contribution in [2.45, 2.75) is 37.8 Å². The highest BCUT2D eigenvalue weighted by Crippen LogP contribution is 2.34. The van der Waals surface area contributed by atoms with Crippen LogP contribution >= 0.6 is 0 Å². The molecule has 4 heteroatoms. The predicted octanol–water partition coefficient (Wildman–Crippen LogP) is 1.65. The Kier molecular flexibility index (Phi) is 3.54. The highest BCUT2D eigenvalue weighted by atomic mass is 16.3. The third-order valence-electron chi connectivity index (χ3n) is 3.64. The van der Waals surface area contributed by atoms with Gasteiger partial charge < -0.3 is 21.1 Å². The highest BCUT2D eigenvalue weighted by molar-refractivity contribution is 5.41. The molecule has 1 fully saturated rings. The van der Waals surface area contributed by atoms with E-state index in [-0.39, 0.29) is 17.4 Å². The van der Waals surface area contributed by atoms with Gasteiger partial charge in [-0.1, -0.05) is 18.9 Å². The number of phenols is 2. The van der Waals surface area contributed by atoms with E-state index in [9.17, 15) is 15.3 Å². The van der Waals surface area contributed by atoms with E-state index in [1.807, 2.05) is 0 Å². The standard InChI is InChI=1S/C13H19NO3/c14-12(13(17)8-3-1-2-4-8)9-5-6-10(15)11(16)7-9/h5-8,12-13,15-17H,1-4,14H2/t12-,13+/m0/s1. The number of nitrogens with two attached hydrogens (primary N) is 1. The molecule has 0 bridgehead atoms. The molecule has 94 valence electrons. The van der Waals surface area contributed by atoms with Gasteiger partial charge in [0.25, 0.3) is 0 Å². The van der Waals surface area contributed by atoms with Crippen molar-refractivity contribution in [3.8, 4) is 11.5 Å². The van der Waals surface area contributed by atoms with Gasteiger partial charge in [0.2, 0.25) is 0 Å². The molecule has 0 saturated heterocycles. The van der Waals surface area contributed by atoms with E-state index in [1.54, 1.807) is 6.07 Å².